The number of carbonyl (C=O) groups is 1. The number of aromatic nitrogens is 2. The van der Waals surface area contributed by atoms with E-state index in [1.807, 2.05) is 20.0 Å². The lowest BCUT2D eigenvalue weighted by Gasteiger charge is -2.30. The Morgan fingerprint density at radius 2 is 2.07 bits per heavy atom. The van der Waals surface area contributed by atoms with Crippen LogP contribution in [0.25, 0.3) is 22.3 Å². The van der Waals surface area contributed by atoms with Crippen LogP contribution in [-0.2, 0) is 15.9 Å². The molecule has 0 bridgehead atoms. The Morgan fingerprint density at radius 1 is 1.33 bits per heavy atom. The first-order valence-corrected chi connectivity index (χ1v) is 9.72. The average Bonchev–Trinajstić information content (AvgIpc) is 3.03. The lowest BCUT2D eigenvalue weighted by molar-refractivity contribution is -0.0183. The maximum absolute atomic E-state index is 15.0. The Kier molecular flexibility index (Phi) is 5.53. The van der Waals surface area contributed by atoms with E-state index in [0.29, 0.717) is 41.9 Å². The number of nitrogens with one attached hydrogen (secondary N) is 1. The van der Waals surface area contributed by atoms with E-state index in [-0.39, 0.29) is 17.2 Å². The number of methoxy groups -OCH3 is 1. The van der Waals surface area contributed by atoms with Gasteiger partial charge in [-0.05, 0) is 37.7 Å². The number of H-pyrrole nitrogens is 1. The molecule has 30 heavy (non-hydrogen) atoms. The molecule has 0 aliphatic carbocycles. The van der Waals surface area contributed by atoms with Crippen molar-refractivity contribution < 1.29 is 23.0 Å². The minimum Gasteiger partial charge on any atom is -0.465 e. The van der Waals surface area contributed by atoms with Crippen LogP contribution in [0, 0.1) is 18.6 Å². The van der Waals surface area contributed by atoms with Gasteiger partial charge in [0.2, 0.25) is 0 Å². The molecule has 0 radical (unpaired) electrons. The summed E-state index contributed by atoms with van der Waals surface area (Å²) in [6.45, 7) is 4.05. The van der Waals surface area contributed by atoms with Crippen LogP contribution in [0.4, 0.5) is 8.78 Å². The van der Waals surface area contributed by atoms with E-state index in [1.54, 1.807) is 6.20 Å². The Labute approximate surface area is 172 Å². The molecule has 158 valence electrons. The highest BCUT2D eigenvalue weighted by molar-refractivity contribution is 5.92. The Hall–Kier alpha value is -2.84. The first-order valence-electron chi connectivity index (χ1n) is 9.72. The molecule has 1 N–H and O–H groups in total. The van der Waals surface area contributed by atoms with Gasteiger partial charge < -0.3 is 19.4 Å². The van der Waals surface area contributed by atoms with Crippen LogP contribution in [0.2, 0.25) is 0 Å². The number of aromatic amines is 1. The third-order valence-electron chi connectivity index (χ3n) is 5.36. The Morgan fingerprint density at radius 3 is 2.73 bits per heavy atom. The summed E-state index contributed by atoms with van der Waals surface area (Å²) in [7, 11) is 3.18. The highest BCUT2D eigenvalue weighted by Gasteiger charge is 2.26. The second-order valence-electron chi connectivity index (χ2n) is 7.65. The van der Waals surface area contributed by atoms with Gasteiger partial charge in [0.1, 0.15) is 11.6 Å². The smallest absolute Gasteiger partial charge is 0.338 e. The second-order valence-corrected chi connectivity index (χ2v) is 7.65. The molecule has 1 aromatic carbocycles. The number of nitrogens with zero attached hydrogens (tertiary/aromatic N) is 2. The first kappa shape index (κ1) is 20.4. The molecule has 0 amide bonds. The van der Waals surface area contributed by atoms with E-state index in [4.69, 9.17) is 4.74 Å². The molecule has 1 unspecified atom stereocenters. The fourth-order valence-electron chi connectivity index (χ4n) is 3.91. The van der Waals surface area contributed by atoms with Crippen LogP contribution in [0.15, 0.2) is 24.4 Å². The summed E-state index contributed by atoms with van der Waals surface area (Å²) in [4.78, 5) is 21.5. The van der Waals surface area contributed by atoms with Gasteiger partial charge in [0.25, 0.3) is 0 Å². The van der Waals surface area contributed by atoms with E-state index in [2.05, 4.69) is 19.6 Å². The van der Waals surface area contributed by atoms with Gasteiger partial charge in [0, 0.05) is 31.3 Å². The van der Waals surface area contributed by atoms with Crippen molar-refractivity contribution in [2.45, 2.75) is 19.4 Å². The number of carbonyl (C=O) groups excluding carboxylic acids is 1. The molecule has 1 aliphatic rings. The number of fused-ring (bicyclic) bond motifs is 1. The summed E-state index contributed by atoms with van der Waals surface area (Å²) in [5.74, 6) is -2.49. The Bertz CT molecular complexity index is 1090. The molecule has 0 spiro atoms. The number of halogens is 2. The van der Waals surface area contributed by atoms with E-state index < -0.39 is 17.6 Å². The standard InChI is InChI=1S/C22H23F2N3O3/c1-12-6-18-20(25-10-12)15(9-14-11-27(2)4-5-30-14)21(26-18)19-16(23)7-13(8-17(19)24)22(28)29-3/h6-8,10,14,26H,4-5,9,11H2,1-3H3. The topological polar surface area (TPSA) is 67.5 Å². The van der Waals surface area contributed by atoms with Crippen LogP contribution in [0.5, 0.6) is 0 Å². The predicted octanol–water partition coefficient (Wildman–Crippen LogP) is 3.48. The highest BCUT2D eigenvalue weighted by Crippen LogP contribution is 2.35. The molecule has 1 fully saturated rings. The number of aryl methyl sites for hydroxylation is 1. The predicted molar refractivity (Wildman–Crippen MR) is 108 cm³/mol. The van der Waals surface area contributed by atoms with Crippen molar-refractivity contribution in [2.75, 3.05) is 33.9 Å². The fourth-order valence-corrected chi connectivity index (χ4v) is 3.91. The number of hydrogen-bond donors (Lipinski definition) is 1. The molecular weight excluding hydrogens is 392 g/mol. The van der Waals surface area contributed by atoms with Crippen molar-refractivity contribution in [3.05, 3.63) is 52.7 Å². The molecule has 1 saturated heterocycles. The number of hydrogen-bond acceptors (Lipinski definition) is 5. The van der Waals surface area contributed by atoms with Gasteiger partial charge in [-0.3, -0.25) is 4.98 Å². The number of esters is 1. The van der Waals surface area contributed by atoms with Gasteiger partial charge >= 0.3 is 5.97 Å². The molecule has 8 heteroatoms. The van der Waals surface area contributed by atoms with Crippen molar-refractivity contribution in [3.8, 4) is 11.3 Å². The number of morpholine rings is 1. The average molecular weight is 415 g/mol. The maximum Gasteiger partial charge on any atom is 0.338 e. The van der Waals surface area contributed by atoms with Crippen molar-refractivity contribution in [1.29, 1.82) is 0 Å². The number of rotatable bonds is 4. The summed E-state index contributed by atoms with van der Waals surface area (Å²) in [6.07, 6.45) is 2.06. The number of pyridine rings is 1. The van der Waals surface area contributed by atoms with Crippen LogP contribution >= 0.6 is 0 Å². The molecule has 4 rings (SSSR count). The molecular formula is C22H23F2N3O3. The fraction of sp³-hybridized carbons (Fsp3) is 0.364. The molecule has 2 aromatic heterocycles. The van der Waals surface area contributed by atoms with E-state index >= 15 is 0 Å². The molecule has 3 heterocycles. The minimum atomic E-state index is -0.846. The SMILES string of the molecule is COC(=O)c1cc(F)c(-c2[nH]c3cc(C)cnc3c2CC2CN(C)CCO2)c(F)c1. The molecule has 1 aliphatic heterocycles. The van der Waals surface area contributed by atoms with Crippen LogP contribution in [-0.4, -0.2) is 60.8 Å². The van der Waals surface area contributed by atoms with E-state index in [0.717, 1.165) is 31.4 Å². The Balaban J connectivity index is 1.85. The summed E-state index contributed by atoms with van der Waals surface area (Å²) >= 11 is 0. The van der Waals surface area contributed by atoms with Crippen molar-refractivity contribution in [2.24, 2.45) is 0 Å². The van der Waals surface area contributed by atoms with Crippen LogP contribution < -0.4 is 0 Å². The second kappa shape index (κ2) is 8.12. The molecule has 6 nitrogen and oxygen atoms in total. The van der Waals surface area contributed by atoms with Crippen molar-refractivity contribution >= 4 is 17.0 Å². The van der Waals surface area contributed by atoms with Gasteiger partial charge in [-0.25, -0.2) is 13.6 Å². The van der Waals surface area contributed by atoms with Crippen molar-refractivity contribution in [3.63, 3.8) is 0 Å². The lowest BCUT2D eigenvalue weighted by atomic mass is 9.99. The van der Waals surface area contributed by atoms with E-state index in [1.165, 1.54) is 0 Å². The van der Waals surface area contributed by atoms with Gasteiger partial charge in [-0.1, -0.05) is 0 Å². The van der Waals surface area contributed by atoms with Gasteiger partial charge in [-0.15, -0.1) is 0 Å². The highest BCUT2D eigenvalue weighted by atomic mass is 19.1. The summed E-state index contributed by atoms with van der Waals surface area (Å²) < 4.78 is 40.4. The number of likely N-dealkylation sites (N-methyl/N-ethyl adjacent to an activating group) is 1. The quantitative estimate of drug-likeness (QED) is 0.661. The number of benzene rings is 1. The van der Waals surface area contributed by atoms with Gasteiger partial charge in [-0.2, -0.15) is 0 Å². The first-order chi connectivity index (χ1) is 14.4. The monoisotopic (exact) mass is 415 g/mol. The van der Waals surface area contributed by atoms with Crippen LogP contribution in [0.1, 0.15) is 21.5 Å². The molecule has 0 saturated carbocycles. The minimum absolute atomic E-state index is 0.120. The third kappa shape index (κ3) is 3.80. The summed E-state index contributed by atoms with van der Waals surface area (Å²) in [5, 5.41) is 0. The molecule has 1 atom stereocenters. The third-order valence-corrected chi connectivity index (χ3v) is 5.36. The largest absolute Gasteiger partial charge is 0.465 e. The zero-order valence-corrected chi connectivity index (χ0v) is 17.1. The van der Waals surface area contributed by atoms with Gasteiger partial charge in [0.05, 0.1) is 47.7 Å². The normalized spacial score (nSPS) is 17.4. The lowest BCUT2D eigenvalue weighted by Crippen LogP contribution is -2.41. The molecule has 3 aromatic rings. The van der Waals surface area contributed by atoms with E-state index in [9.17, 15) is 13.6 Å². The van der Waals surface area contributed by atoms with Crippen LogP contribution in [0.3, 0.4) is 0 Å². The van der Waals surface area contributed by atoms with Crippen molar-refractivity contribution in [1.82, 2.24) is 14.9 Å². The zero-order valence-electron chi connectivity index (χ0n) is 17.1. The summed E-state index contributed by atoms with van der Waals surface area (Å²) in [5.41, 5.74) is 2.87. The van der Waals surface area contributed by atoms with Gasteiger partial charge in [0.15, 0.2) is 0 Å². The maximum atomic E-state index is 15.0. The summed E-state index contributed by atoms with van der Waals surface area (Å²) in [6, 6.07) is 3.87. The zero-order chi connectivity index (χ0) is 21.4. The number of ether oxygens (including phenoxy) is 2.